The molecule has 1 unspecified atom stereocenters. The molecule has 7 heteroatoms. The fourth-order valence-corrected chi connectivity index (χ4v) is 4.90. The van der Waals surface area contributed by atoms with Crippen LogP contribution in [-0.4, -0.2) is 34.5 Å². The minimum atomic E-state index is -0.965. The molecule has 0 aliphatic carbocycles. The number of ether oxygens (including phenoxy) is 1. The molecule has 0 spiro atoms. The molecule has 1 fully saturated rings. The number of amides is 1. The first-order chi connectivity index (χ1) is 19.3. The number of carboxylic acid groups (broad SMARTS) is 1. The predicted molar refractivity (Wildman–Crippen MR) is 159 cm³/mol. The molecule has 0 saturated carbocycles. The van der Waals surface area contributed by atoms with Crippen LogP contribution in [0, 0.1) is 12.8 Å². The molecule has 0 radical (unpaired) electrons. The Morgan fingerprint density at radius 2 is 1.59 bits per heavy atom. The van der Waals surface area contributed by atoms with Crippen LogP contribution in [0.2, 0.25) is 0 Å². The average Bonchev–Trinajstić information content (AvgIpc) is 3.17. The number of hydrogen-bond acceptors (Lipinski definition) is 5. The van der Waals surface area contributed by atoms with E-state index < -0.39 is 23.7 Å². The number of carboxylic acids is 1. The van der Waals surface area contributed by atoms with Crippen LogP contribution < -0.4 is 9.64 Å². The molecule has 1 heterocycles. The van der Waals surface area contributed by atoms with Crippen molar-refractivity contribution in [3.63, 3.8) is 0 Å². The summed E-state index contributed by atoms with van der Waals surface area (Å²) in [5.74, 6) is -1.76. The monoisotopic (exact) mass is 555 g/mol. The molecule has 7 nitrogen and oxygen atoms in total. The fourth-order valence-electron chi connectivity index (χ4n) is 4.90. The van der Waals surface area contributed by atoms with Gasteiger partial charge in [0.05, 0.1) is 24.6 Å². The van der Waals surface area contributed by atoms with Gasteiger partial charge in [-0.25, -0.2) is 0 Å². The third kappa shape index (κ3) is 6.35. The lowest BCUT2D eigenvalue weighted by atomic mass is 9.85. The number of Topliss-reactive ketones (excluding diaryl/α,β-unsaturated/α-hetero) is 1. The summed E-state index contributed by atoms with van der Waals surface area (Å²) < 4.78 is 5.87. The van der Waals surface area contributed by atoms with Crippen LogP contribution in [0.4, 0.5) is 5.69 Å². The van der Waals surface area contributed by atoms with E-state index in [0.717, 1.165) is 11.1 Å². The Hall–Kier alpha value is -4.39. The fraction of sp³-hybridized carbons (Fsp3) is 0.324. The van der Waals surface area contributed by atoms with Crippen molar-refractivity contribution in [3.05, 3.63) is 100 Å². The van der Waals surface area contributed by atoms with Gasteiger partial charge in [-0.3, -0.25) is 19.3 Å². The van der Waals surface area contributed by atoms with E-state index in [1.165, 1.54) is 4.90 Å². The van der Waals surface area contributed by atoms with Gasteiger partial charge in [-0.15, -0.1) is 0 Å². The number of rotatable bonds is 8. The van der Waals surface area contributed by atoms with E-state index in [2.05, 4.69) is 34.6 Å². The second kappa shape index (κ2) is 11.6. The Morgan fingerprint density at radius 1 is 0.951 bits per heavy atom. The number of aryl methyl sites for hydroxylation is 1. The van der Waals surface area contributed by atoms with Crippen molar-refractivity contribution >= 4 is 29.1 Å². The topological polar surface area (TPSA) is 104 Å². The van der Waals surface area contributed by atoms with Crippen molar-refractivity contribution in [2.24, 2.45) is 5.92 Å². The van der Waals surface area contributed by atoms with Crippen molar-refractivity contribution in [1.82, 2.24) is 0 Å². The maximum atomic E-state index is 13.5. The van der Waals surface area contributed by atoms with E-state index in [1.807, 2.05) is 31.2 Å². The maximum absolute atomic E-state index is 13.5. The van der Waals surface area contributed by atoms with E-state index in [9.17, 15) is 19.5 Å². The number of nitrogens with zero attached hydrogens (tertiary/aromatic N) is 1. The Morgan fingerprint density at radius 3 is 2.12 bits per heavy atom. The third-order valence-corrected chi connectivity index (χ3v) is 7.13. The van der Waals surface area contributed by atoms with Crippen molar-refractivity contribution in [2.45, 2.75) is 59.4 Å². The van der Waals surface area contributed by atoms with Gasteiger partial charge < -0.3 is 14.9 Å². The second-order valence-corrected chi connectivity index (χ2v) is 12.0. The SMILES string of the molecule is Cc1cc(/C(O)=C2/C(=O)C(=O)N(c3ccc(CC(=O)O)cc3)C2c2ccc(C(C)(C)C)cc2)ccc1OCC(C)C. The summed E-state index contributed by atoms with van der Waals surface area (Å²) >= 11 is 0. The highest BCUT2D eigenvalue weighted by atomic mass is 16.5. The Labute approximate surface area is 241 Å². The highest BCUT2D eigenvalue weighted by molar-refractivity contribution is 6.51. The lowest BCUT2D eigenvalue weighted by Crippen LogP contribution is -2.29. The van der Waals surface area contributed by atoms with Crippen molar-refractivity contribution in [1.29, 1.82) is 0 Å². The summed E-state index contributed by atoms with van der Waals surface area (Å²) in [6.07, 6.45) is -0.160. The maximum Gasteiger partial charge on any atom is 0.307 e. The molecule has 1 atom stereocenters. The largest absolute Gasteiger partial charge is 0.507 e. The molecule has 3 aromatic carbocycles. The highest BCUT2D eigenvalue weighted by Gasteiger charge is 2.47. The van der Waals surface area contributed by atoms with Gasteiger partial charge in [-0.05, 0) is 70.8 Å². The Kier molecular flexibility index (Phi) is 8.38. The van der Waals surface area contributed by atoms with Crippen LogP contribution in [0.15, 0.2) is 72.3 Å². The molecule has 3 aromatic rings. The molecular formula is C34H37NO6. The number of carbonyl (C=O) groups is 3. The van der Waals surface area contributed by atoms with E-state index in [1.54, 1.807) is 42.5 Å². The average molecular weight is 556 g/mol. The normalized spacial score (nSPS) is 16.9. The minimum Gasteiger partial charge on any atom is -0.507 e. The van der Waals surface area contributed by atoms with Crippen LogP contribution in [0.3, 0.4) is 0 Å². The van der Waals surface area contributed by atoms with Gasteiger partial charge >= 0.3 is 5.97 Å². The van der Waals surface area contributed by atoms with Crippen molar-refractivity contribution < 1.29 is 29.3 Å². The van der Waals surface area contributed by atoms with Gasteiger partial charge in [-0.1, -0.05) is 71.0 Å². The summed E-state index contributed by atoms with van der Waals surface area (Å²) in [5, 5.41) is 20.7. The quantitative estimate of drug-likeness (QED) is 0.185. The summed E-state index contributed by atoms with van der Waals surface area (Å²) in [5.41, 5.74) is 3.85. The van der Waals surface area contributed by atoms with Crippen molar-refractivity contribution in [3.8, 4) is 5.75 Å². The molecule has 0 bridgehead atoms. The summed E-state index contributed by atoms with van der Waals surface area (Å²) in [7, 11) is 0. The van der Waals surface area contributed by atoms with Gasteiger partial charge in [-0.2, -0.15) is 0 Å². The van der Waals surface area contributed by atoms with Gasteiger partial charge in [0.15, 0.2) is 0 Å². The summed E-state index contributed by atoms with van der Waals surface area (Å²) in [6, 6.07) is 18.5. The number of ketones is 1. The molecule has 1 amide bonds. The molecule has 214 valence electrons. The number of aliphatic carboxylic acids is 1. The molecule has 41 heavy (non-hydrogen) atoms. The molecule has 1 aliphatic heterocycles. The molecular weight excluding hydrogens is 518 g/mol. The standard InChI is InChI=1S/C34H37NO6/c1-20(2)19-41-27-16-11-24(17-21(27)3)31(38)29-30(23-9-12-25(13-10-23)34(4,5)6)35(33(40)32(29)39)26-14-7-22(8-15-26)18-28(36)37/h7-17,20,30,38H,18-19H2,1-6H3,(H,36,37)/b31-29-. The zero-order valence-corrected chi connectivity index (χ0v) is 24.4. The number of carbonyl (C=O) groups excluding carboxylic acids is 2. The highest BCUT2D eigenvalue weighted by Crippen LogP contribution is 2.43. The molecule has 1 saturated heterocycles. The van der Waals surface area contributed by atoms with E-state index in [4.69, 9.17) is 9.84 Å². The number of benzene rings is 3. The zero-order valence-electron chi connectivity index (χ0n) is 24.4. The van der Waals surface area contributed by atoms with Crippen LogP contribution in [0.5, 0.6) is 5.75 Å². The predicted octanol–water partition coefficient (Wildman–Crippen LogP) is 6.58. The number of aliphatic hydroxyl groups is 1. The van der Waals surface area contributed by atoms with Crippen LogP contribution in [0.25, 0.3) is 5.76 Å². The molecule has 2 N–H and O–H groups in total. The smallest absolute Gasteiger partial charge is 0.307 e. The number of anilines is 1. The van der Waals surface area contributed by atoms with E-state index in [0.29, 0.717) is 40.7 Å². The first-order valence-corrected chi connectivity index (χ1v) is 13.7. The summed E-state index contributed by atoms with van der Waals surface area (Å²) in [4.78, 5) is 39.6. The third-order valence-electron chi connectivity index (χ3n) is 7.13. The van der Waals surface area contributed by atoms with Crippen LogP contribution in [-0.2, 0) is 26.2 Å². The Bertz CT molecular complexity index is 1490. The first kappa shape index (κ1) is 29.6. The lowest BCUT2D eigenvalue weighted by molar-refractivity contribution is -0.136. The van der Waals surface area contributed by atoms with Crippen molar-refractivity contribution in [2.75, 3.05) is 11.5 Å². The molecule has 4 rings (SSSR count). The van der Waals surface area contributed by atoms with Gasteiger partial charge in [0, 0.05) is 11.3 Å². The van der Waals surface area contributed by atoms with E-state index in [-0.39, 0.29) is 23.2 Å². The Balaban J connectivity index is 1.84. The molecule has 1 aliphatic rings. The zero-order chi connectivity index (χ0) is 30.1. The first-order valence-electron chi connectivity index (χ1n) is 13.7. The minimum absolute atomic E-state index is 0.0108. The second-order valence-electron chi connectivity index (χ2n) is 12.0. The van der Waals surface area contributed by atoms with Gasteiger partial charge in [0.25, 0.3) is 11.7 Å². The molecule has 0 aromatic heterocycles. The number of hydrogen-bond donors (Lipinski definition) is 2. The summed E-state index contributed by atoms with van der Waals surface area (Å²) in [6.45, 7) is 12.8. The number of aliphatic hydroxyl groups excluding tert-OH is 1. The van der Waals surface area contributed by atoms with Crippen LogP contribution in [0.1, 0.15) is 68.5 Å². The van der Waals surface area contributed by atoms with Gasteiger partial charge in [0.1, 0.15) is 11.5 Å². The lowest BCUT2D eigenvalue weighted by Gasteiger charge is -2.27. The van der Waals surface area contributed by atoms with Gasteiger partial charge in [0.2, 0.25) is 0 Å². The van der Waals surface area contributed by atoms with E-state index >= 15 is 0 Å². The van der Waals surface area contributed by atoms with Crippen LogP contribution >= 0.6 is 0 Å².